The largest absolute Gasteiger partial charge is 0.489 e. The van der Waals surface area contributed by atoms with E-state index in [1.165, 1.54) is 18.5 Å². The number of hydrogen-bond donors (Lipinski definition) is 2. The number of benzene rings is 3. The predicted octanol–water partition coefficient (Wildman–Crippen LogP) is 6.78. The maximum absolute atomic E-state index is 13.5. The third-order valence-corrected chi connectivity index (χ3v) is 10.5. The Morgan fingerprint density at radius 2 is 1.93 bits per heavy atom. The molecular weight excluding hydrogens is 635 g/mol. The molecule has 2 unspecified atom stereocenters. The van der Waals surface area contributed by atoms with Crippen molar-refractivity contribution in [1.82, 2.24) is 15.3 Å². The number of aromatic nitrogens is 2. The molecule has 2 atom stereocenters. The first-order valence-corrected chi connectivity index (χ1v) is 16.5. The molecular formula is C32H34BrFN4O4S. The molecule has 8 nitrogen and oxygen atoms in total. The van der Waals surface area contributed by atoms with Gasteiger partial charge in [-0.05, 0) is 96.4 Å². The molecule has 0 amide bonds. The zero-order valence-electron chi connectivity index (χ0n) is 24.2. The van der Waals surface area contributed by atoms with E-state index in [1.54, 1.807) is 26.2 Å². The number of hydrogen-bond acceptors (Lipinski definition) is 8. The van der Waals surface area contributed by atoms with Gasteiger partial charge >= 0.3 is 0 Å². The Hall–Kier alpha value is -3.54. The summed E-state index contributed by atoms with van der Waals surface area (Å²) < 4.78 is 51.0. The number of nitrogens with one attached hydrogen (secondary N) is 2. The highest BCUT2D eigenvalue weighted by molar-refractivity contribution is 9.10. The zero-order chi connectivity index (χ0) is 30.6. The van der Waals surface area contributed by atoms with Gasteiger partial charge in [0.2, 0.25) is 0 Å². The summed E-state index contributed by atoms with van der Waals surface area (Å²) in [6.45, 7) is 5.97. The molecule has 4 aromatic rings. The molecule has 226 valence electrons. The highest BCUT2D eigenvalue weighted by Gasteiger charge is 2.41. The maximum atomic E-state index is 13.5. The first kappa shape index (κ1) is 30.9. The standard InChI is InChI=1S/C32H34BrFN4O4S/c1-21(2)43(39,40)15-13-35-22(3)32(12-5-14-42-32)24-8-10-29-27(17-24)31(37-20-36-29)38-26-9-11-30(28(33)18-26)41-19-23-6-4-7-25(34)16-23/h4-11,14,16-18,20-22,35H,12-13,15,19H2,1-3H3,(H,36,37,38). The van der Waals surface area contributed by atoms with Gasteiger partial charge in [0.05, 0.1) is 27.3 Å². The van der Waals surface area contributed by atoms with Gasteiger partial charge < -0.3 is 20.1 Å². The molecule has 43 heavy (non-hydrogen) atoms. The van der Waals surface area contributed by atoms with E-state index >= 15 is 0 Å². The fraction of sp³-hybridized carbons (Fsp3) is 0.312. The van der Waals surface area contributed by atoms with Gasteiger partial charge in [0.1, 0.15) is 30.3 Å². The summed E-state index contributed by atoms with van der Waals surface area (Å²) in [5, 5.41) is 7.17. The summed E-state index contributed by atoms with van der Waals surface area (Å²) >= 11 is 3.58. The van der Waals surface area contributed by atoms with E-state index in [0.717, 1.165) is 32.2 Å². The van der Waals surface area contributed by atoms with Gasteiger partial charge in [0.25, 0.3) is 0 Å². The molecule has 3 aromatic carbocycles. The Labute approximate surface area is 259 Å². The summed E-state index contributed by atoms with van der Waals surface area (Å²) in [6.07, 6.45) is 5.81. The fourth-order valence-corrected chi connectivity index (χ4v) is 6.38. The minimum Gasteiger partial charge on any atom is -0.489 e. The summed E-state index contributed by atoms with van der Waals surface area (Å²) in [7, 11) is -3.16. The third kappa shape index (κ3) is 7.00. The molecule has 1 aliphatic heterocycles. The topological polar surface area (TPSA) is 102 Å². The molecule has 0 saturated heterocycles. The number of anilines is 2. The van der Waals surface area contributed by atoms with Crippen LogP contribution in [0, 0.1) is 5.82 Å². The SMILES string of the molecule is CC(NCCS(=O)(=O)C(C)C)C1(c2ccc3ncnc(Nc4ccc(OCc5cccc(F)c5)c(Br)c4)c3c2)CC=CO1. The fourth-order valence-electron chi connectivity index (χ4n) is 5.01. The average Bonchev–Trinajstić information content (AvgIpc) is 3.48. The van der Waals surface area contributed by atoms with E-state index in [2.05, 4.69) is 36.5 Å². The Morgan fingerprint density at radius 3 is 2.65 bits per heavy atom. The number of ether oxygens (including phenoxy) is 2. The van der Waals surface area contributed by atoms with Crippen LogP contribution in [-0.2, 0) is 26.8 Å². The van der Waals surface area contributed by atoms with Crippen LogP contribution in [0.15, 0.2) is 83.8 Å². The van der Waals surface area contributed by atoms with Gasteiger partial charge in [0, 0.05) is 30.1 Å². The van der Waals surface area contributed by atoms with Gasteiger partial charge in [-0.3, -0.25) is 0 Å². The molecule has 11 heteroatoms. The number of halogens is 2. The van der Waals surface area contributed by atoms with Crippen molar-refractivity contribution in [1.29, 1.82) is 0 Å². The van der Waals surface area contributed by atoms with Crippen LogP contribution in [0.4, 0.5) is 15.9 Å². The Balaban J connectivity index is 1.35. The predicted molar refractivity (Wildman–Crippen MR) is 171 cm³/mol. The molecule has 2 N–H and O–H groups in total. The molecule has 0 aliphatic carbocycles. The van der Waals surface area contributed by atoms with Crippen LogP contribution in [-0.4, -0.2) is 42.0 Å². The second kappa shape index (κ2) is 13.0. The lowest BCUT2D eigenvalue weighted by Crippen LogP contribution is -2.47. The third-order valence-electron chi connectivity index (χ3n) is 7.65. The lowest BCUT2D eigenvalue weighted by Gasteiger charge is -2.36. The number of rotatable bonds is 12. The van der Waals surface area contributed by atoms with E-state index in [-0.39, 0.29) is 24.2 Å². The summed E-state index contributed by atoms with van der Waals surface area (Å²) in [4.78, 5) is 8.98. The lowest BCUT2D eigenvalue weighted by atomic mass is 9.84. The molecule has 0 fully saturated rings. The van der Waals surface area contributed by atoms with Crippen molar-refractivity contribution in [2.24, 2.45) is 0 Å². The minimum atomic E-state index is -3.16. The second-order valence-electron chi connectivity index (χ2n) is 10.8. The second-order valence-corrected chi connectivity index (χ2v) is 14.3. The number of nitrogens with zero attached hydrogens (tertiary/aromatic N) is 2. The molecule has 0 spiro atoms. The molecule has 2 heterocycles. The molecule has 1 aliphatic rings. The van der Waals surface area contributed by atoms with Crippen LogP contribution in [0.3, 0.4) is 0 Å². The molecule has 5 rings (SSSR count). The lowest BCUT2D eigenvalue weighted by molar-refractivity contribution is 0.00892. The number of fused-ring (bicyclic) bond motifs is 1. The van der Waals surface area contributed by atoms with Gasteiger partial charge in [-0.2, -0.15) is 0 Å². The Kier molecular flexibility index (Phi) is 9.33. The van der Waals surface area contributed by atoms with Gasteiger partial charge in [0.15, 0.2) is 15.4 Å². The normalized spacial score (nSPS) is 17.3. The Morgan fingerprint density at radius 1 is 1.09 bits per heavy atom. The highest BCUT2D eigenvalue weighted by atomic mass is 79.9. The van der Waals surface area contributed by atoms with Crippen LogP contribution in [0.5, 0.6) is 5.75 Å². The van der Waals surface area contributed by atoms with Crippen LogP contribution >= 0.6 is 15.9 Å². The van der Waals surface area contributed by atoms with Gasteiger partial charge in [-0.15, -0.1) is 0 Å². The van der Waals surface area contributed by atoms with Crippen LogP contribution in [0.1, 0.15) is 38.3 Å². The van der Waals surface area contributed by atoms with E-state index in [4.69, 9.17) is 9.47 Å². The van der Waals surface area contributed by atoms with Crippen LogP contribution in [0.25, 0.3) is 10.9 Å². The van der Waals surface area contributed by atoms with Gasteiger partial charge in [-0.25, -0.2) is 22.8 Å². The summed E-state index contributed by atoms with van der Waals surface area (Å²) in [5.41, 5.74) is 2.50. The van der Waals surface area contributed by atoms with E-state index in [9.17, 15) is 12.8 Å². The maximum Gasteiger partial charge on any atom is 0.153 e. The van der Waals surface area contributed by atoms with Crippen molar-refractivity contribution in [3.63, 3.8) is 0 Å². The zero-order valence-corrected chi connectivity index (χ0v) is 26.6. The number of sulfone groups is 1. The first-order valence-electron chi connectivity index (χ1n) is 14.0. The summed E-state index contributed by atoms with van der Waals surface area (Å²) in [6, 6.07) is 17.7. The van der Waals surface area contributed by atoms with Crippen molar-refractivity contribution in [2.45, 2.75) is 50.7 Å². The molecule has 1 aromatic heterocycles. The Bertz CT molecular complexity index is 1740. The van der Waals surface area contributed by atoms with Crippen molar-refractivity contribution in [2.75, 3.05) is 17.6 Å². The minimum absolute atomic E-state index is 0.0579. The smallest absolute Gasteiger partial charge is 0.153 e. The van der Waals surface area contributed by atoms with Gasteiger partial charge in [-0.1, -0.05) is 18.2 Å². The van der Waals surface area contributed by atoms with E-state index in [0.29, 0.717) is 24.5 Å². The van der Waals surface area contributed by atoms with E-state index in [1.807, 2.05) is 55.5 Å². The van der Waals surface area contributed by atoms with Crippen LogP contribution < -0.4 is 15.4 Å². The molecule has 0 radical (unpaired) electrons. The van der Waals surface area contributed by atoms with E-state index < -0.39 is 20.7 Å². The van der Waals surface area contributed by atoms with Crippen molar-refractivity contribution >= 4 is 48.2 Å². The average molecular weight is 670 g/mol. The van der Waals surface area contributed by atoms with Crippen molar-refractivity contribution in [3.05, 3.63) is 101 Å². The molecule has 0 bridgehead atoms. The van der Waals surface area contributed by atoms with Crippen molar-refractivity contribution < 1.29 is 22.3 Å². The monoisotopic (exact) mass is 668 g/mol. The molecule has 0 saturated carbocycles. The first-order chi connectivity index (χ1) is 20.6. The van der Waals surface area contributed by atoms with Crippen LogP contribution in [0.2, 0.25) is 0 Å². The highest BCUT2D eigenvalue weighted by Crippen LogP contribution is 2.40. The quantitative estimate of drug-likeness (QED) is 0.170. The van der Waals surface area contributed by atoms with Crippen molar-refractivity contribution in [3.8, 4) is 5.75 Å². The summed E-state index contributed by atoms with van der Waals surface area (Å²) in [5.74, 6) is 1.00.